The molecule has 0 saturated heterocycles. The number of anilines is 2. The maximum atomic E-state index is 12.6. The van der Waals surface area contributed by atoms with Crippen molar-refractivity contribution >= 4 is 46.4 Å². The summed E-state index contributed by atoms with van der Waals surface area (Å²) in [4.78, 5) is 25.2. The number of rotatable bonds is 6. The molecule has 0 heterocycles. The second-order valence-electron chi connectivity index (χ2n) is 7.46. The molecule has 3 rings (SSSR count). The Morgan fingerprint density at radius 3 is 2.16 bits per heavy atom. The predicted octanol–water partition coefficient (Wildman–Crippen LogP) is 6.35. The second kappa shape index (κ2) is 9.41. The fourth-order valence-corrected chi connectivity index (χ4v) is 3.07. The molecule has 0 spiro atoms. The summed E-state index contributed by atoms with van der Waals surface area (Å²) in [6.45, 7) is 5.17. The lowest BCUT2D eigenvalue weighted by Crippen LogP contribution is -2.42. The molecule has 0 bridgehead atoms. The zero-order chi connectivity index (χ0) is 22.6. The quantitative estimate of drug-likeness (QED) is 0.453. The van der Waals surface area contributed by atoms with Gasteiger partial charge in [-0.1, -0.05) is 29.3 Å². The molecule has 0 unspecified atom stereocenters. The summed E-state index contributed by atoms with van der Waals surface area (Å²) >= 11 is 12.0. The van der Waals surface area contributed by atoms with Crippen LogP contribution in [0, 0.1) is 6.92 Å². The Bertz CT molecular complexity index is 1090. The van der Waals surface area contributed by atoms with Crippen LogP contribution in [0.1, 0.15) is 29.8 Å². The summed E-state index contributed by atoms with van der Waals surface area (Å²) in [7, 11) is 0. The Morgan fingerprint density at radius 2 is 1.52 bits per heavy atom. The number of benzene rings is 3. The van der Waals surface area contributed by atoms with Crippen LogP contribution < -0.4 is 15.4 Å². The first-order valence-electron chi connectivity index (χ1n) is 9.58. The van der Waals surface area contributed by atoms with Gasteiger partial charge in [-0.05, 0) is 87.0 Å². The van der Waals surface area contributed by atoms with Crippen LogP contribution in [0.4, 0.5) is 11.4 Å². The lowest BCUT2D eigenvalue weighted by atomic mass is 10.1. The predicted molar refractivity (Wildman–Crippen MR) is 125 cm³/mol. The topological polar surface area (TPSA) is 67.4 Å². The van der Waals surface area contributed by atoms with Gasteiger partial charge in [0.15, 0.2) is 5.60 Å². The molecule has 0 aliphatic carbocycles. The van der Waals surface area contributed by atoms with Gasteiger partial charge in [-0.3, -0.25) is 9.59 Å². The summed E-state index contributed by atoms with van der Waals surface area (Å²) in [5.74, 6) is -0.114. The van der Waals surface area contributed by atoms with E-state index >= 15 is 0 Å². The van der Waals surface area contributed by atoms with Gasteiger partial charge >= 0.3 is 0 Å². The van der Waals surface area contributed by atoms with Crippen molar-refractivity contribution in [2.75, 3.05) is 10.6 Å². The van der Waals surface area contributed by atoms with Gasteiger partial charge in [0.2, 0.25) is 0 Å². The smallest absolute Gasteiger partial charge is 0.267 e. The molecule has 3 aromatic rings. The van der Waals surface area contributed by atoms with Crippen LogP contribution in [0.5, 0.6) is 5.75 Å². The normalized spacial score (nSPS) is 11.0. The lowest BCUT2D eigenvalue weighted by Gasteiger charge is -2.25. The standard InChI is InChI=1S/C24H22Cl2N2O3/c1-15-20(26)5-4-6-21(15)28-22(29)16-7-13-19(14-8-16)31-24(2,3)23(30)27-18-11-9-17(25)10-12-18/h4-14H,1-3H3,(H,27,30)(H,28,29). The molecule has 7 heteroatoms. The van der Waals surface area contributed by atoms with E-state index in [4.69, 9.17) is 27.9 Å². The van der Waals surface area contributed by atoms with Gasteiger partial charge in [0, 0.05) is 27.0 Å². The minimum absolute atomic E-state index is 0.267. The van der Waals surface area contributed by atoms with Gasteiger partial charge in [-0.15, -0.1) is 0 Å². The van der Waals surface area contributed by atoms with E-state index in [2.05, 4.69) is 10.6 Å². The first-order chi connectivity index (χ1) is 14.7. The fourth-order valence-electron chi connectivity index (χ4n) is 2.77. The molecule has 0 aliphatic heterocycles. The largest absolute Gasteiger partial charge is 0.478 e. The Kier molecular flexibility index (Phi) is 6.88. The van der Waals surface area contributed by atoms with Crippen LogP contribution in [0.15, 0.2) is 66.7 Å². The molecule has 3 aromatic carbocycles. The van der Waals surface area contributed by atoms with Crippen molar-refractivity contribution in [1.82, 2.24) is 0 Å². The minimum Gasteiger partial charge on any atom is -0.478 e. The van der Waals surface area contributed by atoms with Gasteiger partial charge in [0.25, 0.3) is 11.8 Å². The van der Waals surface area contributed by atoms with Crippen LogP contribution in [0.3, 0.4) is 0 Å². The molecule has 0 saturated carbocycles. The highest BCUT2D eigenvalue weighted by molar-refractivity contribution is 6.32. The van der Waals surface area contributed by atoms with Crippen molar-refractivity contribution in [2.45, 2.75) is 26.4 Å². The summed E-state index contributed by atoms with van der Waals surface area (Å²) in [6, 6.07) is 18.7. The van der Waals surface area contributed by atoms with Gasteiger partial charge < -0.3 is 15.4 Å². The van der Waals surface area contributed by atoms with Crippen molar-refractivity contribution in [3.8, 4) is 5.75 Å². The number of hydrogen-bond acceptors (Lipinski definition) is 3. The summed E-state index contributed by atoms with van der Waals surface area (Å²) in [6.07, 6.45) is 0. The Morgan fingerprint density at radius 1 is 0.871 bits per heavy atom. The molecule has 2 N–H and O–H groups in total. The van der Waals surface area contributed by atoms with Gasteiger partial charge in [0.1, 0.15) is 5.75 Å². The summed E-state index contributed by atoms with van der Waals surface area (Å²) < 4.78 is 5.86. The molecular formula is C24H22Cl2N2O3. The van der Waals surface area contributed by atoms with E-state index in [1.807, 2.05) is 6.92 Å². The van der Waals surface area contributed by atoms with Crippen molar-refractivity contribution in [3.63, 3.8) is 0 Å². The van der Waals surface area contributed by atoms with Crippen LogP contribution in [-0.4, -0.2) is 17.4 Å². The average Bonchev–Trinajstić information content (AvgIpc) is 2.73. The van der Waals surface area contributed by atoms with E-state index in [0.717, 1.165) is 5.56 Å². The van der Waals surface area contributed by atoms with E-state index in [1.165, 1.54) is 0 Å². The van der Waals surface area contributed by atoms with E-state index in [9.17, 15) is 9.59 Å². The van der Waals surface area contributed by atoms with Crippen LogP contribution >= 0.6 is 23.2 Å². The van der Waals surface area contributed by atoms with Gasteiger partial charge in [0.05, 0.1) is 0 Å². The maximum absolute atomic E-state index is 12.6. The van der Waals surface area contributed by atoms with Gasteiger partial charge in [-0.2, -0.15) is 0 Å². The summed E-state index contributed by atoms with van der Waals surface area (Å²) in [5, 5.41) is 6.82. The Labute approximate surface area is 191 Å². The zero-order valence-electron chi connectivity index (χ0n) is 17.3. The first kappa shape index (κ1) is 22.7. The van der Waals surface area contributed by atoms with Crippen LogP contribution in [0.2, 0.25) is 10.0 Å². The number of hydrogen-bond donors (Lipinski definition) is 2. The lowest BCUT2D eigenvalue weighted by molar-refractivity contribution is -0.128. The van der Waals surface area contributed by atoms with Crippen LogP contribution in [0.25, 0.3) is 0 Å². The molecule has 2 amide bonds. The van der Waals surface area contributed by atoms with Crippen molar-refractivity contribution in [3.05, 3.63) is 87.9 Å². The number of carbonyl (C=O) groups is 2. The molecular weight excluding hydrogens is 435 g/mol. The average molecular weight is 457 g/mol. The van der Waals surface area contributed by atoms with Gasteiger partial charge in [-0.25, -0.2) is 0 Å². The number of ether oxygens (including phenoxy) is 1. The van der Waals surface area contributed by atoms with Crippen molar-refractivity contribution in [2.24, 2.45) is 0 Å². The molecule has 0 aliphatic rings. The minimum atomic E-state index is -1.14. The van der Waals surface area contributed by atoms with E-state index < -0.39 is 5.60 Å². The van der Waals surface area contributed by atoms with Crippen molar-refractivity contribution in [1.29, 1.82) is 0 Å². The SMILES string of the molecule is Cc1c(Cl)cccc1NC(=O)c1ccc(OC(C)(C)C(=O)Nc2ccc(Cl)cc2)cc1. The maximum Gasteiger partial charge on any atom is 0.267 e. The van der Waals surface area contributed by atoms with Crippen LogP contribution in [-0.2, 0) is 4.79 Å². The number of nitrogens with one attached hydrogen (secondary N) is 2. The number of halogens is 2. The Balaban J connectivity index is 1.64. The first-order valence-corrected chi connectivity index (χ1v) is 10.3. The molecule has 160 valence electrons. The summed E-state index contributed by atoms with van der Waals surface area (Å²) in [5.41, 5.74) is 1.38. The third-order valence-corrected chi connectivity index (χ3v) is 5.32. The highest BCUT2D eigenvalue weighted by Gasteiger charge is 2.30. The second-order valence-corrected chi connectivity index (χ2v) is 8.31. The molecule has 0 radical (unpaired) electrons. The molecule has 5 nitrogen and oxygen atoms in total. The highest BCUT2D eigenvalue weighted by atomic mass is 35.5. The monoisotopic (exact) mass is 456 g/mol. The number of amides is 2. The highest BCUT2D eigenvalue weighted by Crippen LogP contribution is 2.25. The third-order valence-electron chi connectivity index (χ3n) is 4.65. The Hall–Kier alpha value is -3.02. The fraction of sp³-hybridized carbons (Fsp3) is 0.167. The number of carbonyl (C=O) groups excluding carboxylic acids is 2. The third kappa shape index (κ3) is 5.78. The molecule has 0 atom stereocenters. The molecule has 31 heavy (non-hydrogen) atoms. The molecule has 0 fully saturated rings. The van der Waals surface area contributed by atoms with E-state index in [-0.39, 0.29) is 11.8 Å². The van der Waals surface area contributed by atoms with Crippen molar-refractivity contribution < 1.29 is 14.3 Å². The molecule has 0 aromatic heterocycles. The zero-order valence-corrected chi connectivity index (χ0v) is 18.8. The van der Waals surface area contributed by atoms with E-state index in [0.29, 0.717) is 32.7 Å². The van der Waals surface area contributed by atoms with E-state index in [1.54, 1.807) is 80.6 Å².